The molecule has 1 amide bonds. The van der Waals surface area contributed by atoms with Gasteiger partial charge < -0.3 is 20.5 Å². The minimum absolute atomic E-state index is 0.148. The van der Waals surface area contributed by atoms with Crippen LogP contribution < -0.4 is 5.73 Å². The molecule has 0 unspecified atom stereocenters. The van der Waals surface area contributed by atoms with Gasteiger partial charge in [0.05, 0.1) is 6.61 Å². The first-order valence-corrected chi connectivity index (χ1v) is 6.84. The van der Waals surface area contributed by atoms with E-state index in [1.54, 1.807) is 4.90 Å². The molecule has 0 radical (unpaired) electrons. The van der Waals surface area contributed by atoms with Gasteiger partial charge in [0.2, 0.25) is 0 Å². The van der Waals surface area contributed by atoms with Crippen molar-refractivity contribution < 1.29 is 14.6 Å². The minimum atomic E-state index is -0.201. The molecule has 5 nitrogen and oxygen atoms in total. The summed E-state index contributed by atoms with van der Waals surface area (Å²) in [7, 11) is 0. The van der Waals surface area contributed by atoms with Crippen molar-refractivity contribution in [2.24, 2.45) is 11.1 Å². The third-order valence-electron chi connectivity index (χ3n) is 4.10. The van der Waals surface area contributed by atoms with Crippen molar-refractivity contribution in [3.05, 3.63) is 0 Å². The number of aliphatic hydroxyl groups is 1. The molecule has 0 atom stereocenters. The molecule has 2 fully saturated rings. The summed E-state index contributed by atoms with van der Waals surface area (Å²) in [4.78, 5) is 13.4. The van der Waals surface area contributed by atoms with E-state index in [2.05, 4.69) is 6.92 Å². The van der Waals surface area contributed by atoms with Crippen LogP contribution in [0.25, 0.3) is 0 Å². The zero-order chi connectivity index (χ0) is 13.2. The normalized spacial score (nSPS) is 23.4. The second kappa shape index (κ2) is 5.05. The number of aliphatic hydroxyl groups excluding tert-OH is 1. The first kappa shape index (κ1) is 13.6. The molecule has 1 spiro atoms. The third-order valence-corrected chi connectivity index (χ3v) is 4.10. The molecule has 0 aromatic heterocycles. The maximum atomic E-state index is 11.6. The fourth-order valence-electron chi connectivity index (χ4n) is 3.35. The van der Waals surface area contributed by atoms with Crippen LogP contribution in [0.1, 0.15) is 39.0 Å². The maximum absolute atomic E-state index is 11.6. The van der Waals surface area contributed by atoms with Crippen LogP contribution >= 0.6 is 0 Å². The molecule has 1 heterocycles. The Morgan fingerprint density at radius 2 is 2.11 bits per heavy atom. The molecule has 104 valence electrons. The highest BCUT2D eigenvalue weighted by Crippen LogP contribution is 2.54. The Morgan fingerprint density at radius 3 is 2.67 bits per heavy atom. The molecule has 1 saturated carbocycles. The number of unbranched alkanes of at least 4 members (excludes halogenated alkanes) is 1. The van der Waals surface area contributed by atoms with Crippen LogP contribution in [0.4, 0.5) is 4.79 Å². The van der Waals surface area contributed by atoms with E-state index >= 15 is 0 Å². The van der Waals surface area contributed by atoms with Crippen molar-refractivity contribution in [2.75, 3.05) is 26.3 Å². The average molecular weight is 256 g/mol. The number of hydrogen-bond acceptors (Lipinski definition) is 4. The van der Waals surface area contributed by atoms with Gasteiger partial charge in [-0.1, -0.05) is 13.3 Å². The Bertz CT molecular complexity index is 305. The van der Waals surface area contributed by atoms with Crippen LogP contribution in [0.15, 0.2) is 0 Å². The number of likely N-dealkylation sites (tertiary alicyclic amines) is 1. The predicted molar refractivity (Wildman–Crippen MR) is 68.1 cm³/mol. The highest BCUT2D eigenvalue weighted by Gasteiger charge is 2.59. The molecule has 0 bridgehead atoms. The molecule has 1 aliphatic heterocycles. The number of ether oxygens (including phenoxy) is 1. The van der Waals surface area contributed by atoms with Gasteiger partial charge in [0.1, 0.15) is 0 Å². The van der Waals surface area contributed by atoms with Crippen LogP contribution in [0.3, 0.4) is 0 Å². The zero-order valence-electron chi connectivity index (χ0n) is 11.2. The number of nitrogens with zero attached hydrogens (tertiary/aromatic N) is 1. The van der Waals surface area contributed by atoms with E-state index in [1.807, 2.05) is 0 Å². The largest absolute Gasteiger partial charge is 0.449 e. The minimum Gasteiger partial charge on any atom is -0.449 e. The van der Waals surface area contributed by atoms with Crippen LogP contribution in [-0.2, 0) is 4.74 Å². The SMILES string of the molecule is CCCCOC(=O)N1CC2(C1)CC(N)(CCO)C2. The molecule has 1 aliphatic carbocycles. The van der Waals surface area contributed by atoms with E-state index in [-0.39, 0.29) is 23.7 Å². The van der Waals surface area contributed by atoms with Gasteiger partial charge in [0.15, 0.2) is 0 Å². The summed E-state index contributed by atoms with van der Waals surface area (Å²) < 4.78 is 5.16. The molecule has 0 aromatic carbocycles. The highest BCUT2D eigenvalue weighted by molar-refractivity contribution is 5.69. The molecule has 0 aromatic rings. The average Bonchev–Trinajstić information content (AvgIpc) is 2.22. The Labute approximate surface area is 108 Å². The lowest BCUT2D eigenvalue weighted by Gasteiger charge is -2.62. The smallest absolute Gasteiger partial charge is 0.409 e. The van der Waals surface area contributed by atoms with E-state index in [0.717, 1.165) is 38.8 Å². The number of rotatable bonds is 5. The van der Waals surface area contributed by atoms with Gasteiger partial charge in [-0.15, -0.1) is 0 Å². The first-order chi connectivity index (χ1) is 8.52. The quantitative estimate of drug-likeness (QED) is 0.722. The summed E-state index contributed by atoms with van der Waals surface area (Å²) in [6.45, 7) is 4.27. The number of amides is 1. The van der Waals surface area contributed by atoms with Crippen molar-refractivity contribution >= 4 is 6.09 Å². The summed E-state index contributed by atoms with van der Waals surface area (Å²) >= 11 is 0. The van der Waals surface area contributed by atoms with Gasteiger partial charge in [-0.3, -0.25) is 0 Å². The van der Waals surface area contributed by atoms with Gasteiger partial charge in [-0.2, -0.15) is 0 Å². The van der Waals surface area contributed by atoms with Crippen molar-refractivity contribution in [3.63, 3.8) is 0 Å². The Balaban J connectivity index is 1.67. The van der Waals surface area contributed by atoms with Crippen LogP contribution in [-0.4, -0.2) is 47.9 Å². The second-order valence-corrected chi connectivity index (χ2v) is 6.01. The van der Waals surface area contributed by atoms with Crippen LogP contribution in [0, 0.1) is 5.41 Å². The lowest BCUT2D eigenvalue weighted by Crippen LogP contribution is -2.71. The van der Waals surface area contributed by atoms with Gasteiger partial charge in [-0.25, -0.2) is 4.79 Å². The Kier molecular flexibility index (Phi) is 3.82. The molecule has 2 rings (SSSR count). The number of hydrogen-bond donors (Lipinski definition) is 2. The maximum Gasteiger partial charge on any atom is 0.409 e. The molecule has 2 aliphatic rings. The molecule has 1 saturated heterocycles. The summed E-state index contributed by atoms with van der Waals surface area (Å²) in [5.74, 6) is 0. The van der Waals surface area contributed by atoms with Gasteiger partial charge in [0, 0.05) is 30.7 Å². The summed E-state index contributed by atoms with van der Waals surface area (Å²) in [5.41, 5.74) is 6.14. The highest BCUT2D eigenvalue weighted by atomic mass is 16.6. The standard InChI is InChI=1S/C13H24N2O3/c1-2-3-6-18-11(17)15-9-12(10-15)7-13(14,8-12)4-5-16/h16H,2-10,14H2,1H3. The molecular weight excluding hydrogens is 232 g/mol. The van der Waals surface area contributed by atoms with Crippen molar-refractivity contribution in [1.29, 1.82) is 0 Å². The van der Waals surface area contributed by atoms with Crippen molar-refractivity contribution in [2.45, 2.75) is 44.6 Å². The number of carbonyl (C=O) groups excluding carboxylic acids is 1. The fraction of sp³-hybridized carbons (Fsp3) is 0.923. The summed E-state index contributed by atoms with van der Waals surface area (Å²) in [5, 5.41) is 8.92. The van der Waals surface area contributed by atoms with Crippen LogP contribution in [0.2, 0.25) is 0 Å². The first-order valence-electron chi connectivity index (χ1n) is 6.84. The van der Waals surface area contributed by atoms with E-state index in [1.165, 1.54) is 0 Å². The van der Waals surface area contributed by atoms with Gasteiger partial charge >= 0.3 is 6.09 Å². The summed E-state index contributed by atoms with van der Waals surface area (Å²) in [6, 6.07) is 0. The zero-order valence-corrected chi connectivity index (χ0v) is 11.2. The van der Waals surface area contributed by atoms with Gasteiger partial charge in [-0.05, 0) is 25.7 Å². The molecule has 18 heavy (non-hydrogen) atoms. The fourth-order valence-corrected chi connectivity index (χ4v) is 3.35. The van der Waals surface area contributed by atoms with E-state index < -0.39 is 0 Å². The van der Waals surface area contributed by atoms with Crippen molar-refractivity contribution in [3.8, 4) is 0 Å². The lowest BCUT2D eigenvalue weighted by atomic mass is 9.53. The topological polar surface area (TPSA) is 75.8 Å². The lowest BCUT2D eigenvalue weighted by molar-refractivity contribution is -0.101. The van der Waals surface area contributed by atoms with E-state index in [4.69, 9.17) is 15.6 Å². The molecular formula is C13H24N2O3. The Morgan fingerprint density at radius 1 is 1.44 bits per heavy atom. The van der Waals surface area contributed by atoms with E-state index in [0.29, 0.717) is 13.0 Å². The predicted octanol–water partition coefficient (Wildman–Crippen LogP) is 1.10. The monoisotopic (exact) mass is 256 g/mol. The van der Waals surface area contributed by atoms with E-state index in [9.17, 15) is 4.79 Å². The Hall–Kier alpha value is -0.810. The molecule has 3 N–H and O–H groups in total. The van der Waals surface area contributed by atoms with Crippen LogP contribution in [0.5, 0.6) is 0 Å². The van der Waals surface area contributed by atoms with Crippen molar-refractivity contribution in [1.82, 2.24) is 4.90 Å². The number of nitrogens with two attached hydrogens (primary N) is 1. The molecule has 5 heteroatoms. The third kappa shape index (κ3) is 2.62. The summed E-state index contributed by atoms with van der Waals surface area (Å²) in [6.07, 6.45) is 4.26. The number of carbonyl (C=O) groups is 1. The van der Waals surface area contributed by atoms with Gasteiger partial charge in [0.25, 0.3) is 0 Å². The second-order valence-electron chi connectivity index (χ2n) is 6.01.